The molecular formula is C18H20ClFN2O. The van der Waals surface area contributed by atoms with Crippen LogP contribution >= 0.6 is 11.6 Å². The molecule has 0 saturated carbocycles. The van der Waals surface area contributed by atoms with Gasteiger partial charge in [-0.25, -0.2) is 9.38 Å². The Labute approximate surface area is 140 Å². The van der Waals surface area contributed by atoms with Crippen molar-refractivity contribution in [2.24, 2.45) is 10.9 Å². The minimum Gasteiger partial charge on any atom is -0.474 e. The van der Waals surface area contributed by atoms with Crippen LogP contribution in [0, 0.1) is 11.7 Å². The highest BCUT2D eigenvalue weighted by molar-refractivity contribution is 6.31. The minimum atomic E-state index is -0.327. The smallest absolute Gasteiger partial charge is 0.233 e. The van der Waals surface area contributed by atoms with Crippen molar-refractivity contribution in [2.45, 2.75) is 32.9 Å². The van der Waals surface area contributed by atoms with E-state index in [9.17, 15) is 4.39 Å². The quantitative estimate of drug-likeness (QED) is 0.789. The molecule has 0 spiro atoms. The zero-order valence-electron chi connectivity index (χ0n) is 13.3. The van der Waals surface area contributed by atoms with Gasteiger partial charge in [-0.1, -0.05) is 37.9 Å². The monoisotopic (exact) mass is 334 g/mol. The van der Waals surface area contributed by atoms with Crippen molar-refractivity contribution in [1.82, 2.24) is 4.57 Å². The predicted octanol–water partition coefficient (Wildman–Crippen LogP) is 4.52. The highest BCUT2D eigenvalue weighted by Crippen LogP contribution is 2.23. The molecular weight excluding hydrogens is 315 g/mol. The van der Waals surface area contributed by atoms with Crippen LogP contribution in [-0.4, -0.2) is 23.1 Å². The molecule has 0 fully saturated rings. The van der Waals surface area contributed by atoms with Crippen LogP contribution in [0.3, 0.4) is 0 Å². The fraction of sp³-hybridized carbons (Fsp3) is 0.389. The van der Waals surface area contributed by atoms with Gasteiger partial charge in [-0.15, -0.1) is 0 Å². The molecule has 1 aromatic heterocycles. The van der Waals surface area contributed by atoms with Crippen LogP contribution in [0.4, 0.5) is 4.39 Å². The number of benzene rings is 1. The molecule has 23 heavy (non-hydrogen) atoms. The Kier molecular flexibility index (Phi) is 4.71. The first kappa shape index (κ1) is 16.1. The summed E-state index contributed by atoms with van der Waals surface area (Å²) < 4.78 is 21.0. The zero-order valence-corrected chi connectivity index (χ0v) is 14.1. The van der Waals surface area contributed by atoms with Gasteiger partial charge in [0.1, 0.15) is 18.1 Å². The molecule has 1 aliphatic rings. The van der Waals surface area contributed by atoms with Crippen molar-refractivity contribution in [3.05, 3.63) is 58.6 Å². The van der Waals surface area contributed by atoms with Crippen LogP contribution in [0.1, 0.15) is 31.5 Å². The summed E-state index contributed by atoms with van der Waals surface area (Å²) in [6.45, 7) is 5.54. The molecule has 0 amide bonds. The number of ether oxygens (including phenoxy) is 1. The molecule has 0 unspecified atom stereocenters. The van der Waals surface area contributed by atoms with Crippen molar-refractivity contribution < 1.29 is 9.13 Å². The molecule has 1 aliphatic heterocycles. The maximum Gasteiger partial charge on any atom is 0.233 e. The van der Waals surface area contributed by atoms with Crippen molar-refractivity contribution in [1.29, 1.82) is 0 Å². The third-order valence-electron chi connectivity index (χ3n) is 4.38. The van der Waals surface area contributed by atoms with E-state index in [1.54, 1.807) is 6.07 Å². The van der Waals surface area contributed by atoms with Gasteiger partial charge in [0.2, 0.25) is 5.90 Å². The Morgan fingerprint density at radius 3 is 3.00 bits per heavy atom. The van der Waals surface area contributed by atoms with E-state index in [-0.39, 0.29) is 11.9 Å². The van der Waals surface area contributed by atoms with Crippen molar-refractivity contribution in [2.75, 3.05) is 6.61 Å². The van der Waals surface area contributed by atoms with Crippen LogP contribution in [0.5, 0.6) is 0 Å². The fourth-order valence-corrected chi connectivity index (χ4v) is 2.90. The summed E-state index contributed by atoms with van der Waals surface area (Å²) >= 11 is 6.13. The Bertz CT molecular complexity index is 726. The Balaban J connectivity index is 1.83. The molecule has 0 N–H and O–H groups in total. The summed E-state index contributed by atoms with van der Waals surface area (Å²) in [6.07, 6.45) is 3.04. The molecule has 0 radical (unpaired) electrons. The number of nitrogens with zero attached hydrogens (tertiary/aromatic N) is 2. The largest absolute Gasteiger partial charge is 0.474 e. The van der Waals surface area contributed by atoms with Gasteiger partial charge in [0.15, 0.2) is 0 Å². The molecule has 3 rings (SSSR count). The van der Waals surface area contributed by atoms with Crippen LogP contribution < -0.4 is 0 Å². The first-order chi connectivity index (χ1) is 11.1. The summed E-state index contributed by atoms with van der Waals surface area (Å²) in [5.74, 6) is 0.854. The highest BCUT2D eigenvalue weighted by atomic mass is 35.5. The van der Waals surface area contributed by atoms with E-state index in [4.69, 9.17) is 21.3 Å². The summed E-state index contributed by atoms with van der Waals surface area (Å²) in [6, 6.07) is 8.62. The maximum atomic E-state index is 13.2. The fourth-order valence-electron chi connectivity index (χ4n) is 2.67. The lowest BCUT2D eigenvalue weighted by Crippen LogP contribution is -2.16. The molecule has 2 aromatic rings. The number of aliphatic imine (C=N–C) groups is 1. The van der Waals surface area contributed by atoms with Crippen molar-refractivity contribution in [3.8, 4) is 0 Å². The summed E-state index contributed by atoms with van der Waals surface area (Å²) in [4.78, 5) is 4.72. The lowest BCUT2D eigenvalue weighted by Gasteiger charge is -2.11. The van der Waals surface area contributed by atoms with Gasteiger partial charge in [0.25, 0.3) is 0 Å². The van der Waals surface area contributed by atoms with E-state index in [1.165, 1.54) is 12.1 Å². The van der Waals surface area contributed by atoms with Crippen molar-refractivity contribution in [3.63, 3.8) is 0 Å². The average molecular weight is 335 g/mol. The van der Waals surface area contributed by atoms with Crippen LogP contribution in [0.15, 0.2) is 41.5 Å². The van der Waals surface area contributed by atoms with E-state index < -0.39 is 0 Å². The number of hydrogen-bond donors (Lipinski definition) is 0. The van der Waals surface area contributed by atoms with Crippen molar-refractivity contribution >= 4 is 17.5 Å². The second-order valence-corrected chi connectivity index (χ2v) is 6.36. The third-order valence-corrected chi connectivity index (χ3v) is 4.73. The minimum absolute atomic E-state index is 0.216. The molecule has 3 nitrogen and oxygen atoms in total. The molecule has 0 saturated heterocycles. The van der Waals surface area contributed by atoms with Gasteiger partial charge in [-0.3, -0.25) is 0 Å². The lowest BCUT2D eigenvalue weighted by molar-refractivity contribution is 0.281. The van der Waals surface area contributed by atoms with Gasteiger partial charge in [-0.2, -0.15) is 0 Å². The maximum absolute atomic E-state index is 13.2. The molecule has 5 heteroatoms. The zero-order chi connectivity index (χ0) is 16.4. The van der Waals surface area contributed by atoms with Crippen LogP contribution in [0.2, 0.25) is 5.02 Å². The molecule has 122 valence electrons. The van der Waals surface area contributed by atoms with Gasteiger partial charge >= 0.3 is 0 Å². The van der Waals surface area contributed by atoms with Gasteiger partial charge in [0, 0.05) is 17.8 Å². The second-order valence-electron chi connectivity index (χ2n) is 5.96. The topological polar surface area (TPSA) is 26.5 Å². The summed E-state index contributed by atoms with van der Waals surface area (Å²) in [7, 11) is 0. The SMILES string of the molecule is CC[C@@H](C)[C@H]1COC(c2cccn2Cc2ccc(F)cc2Cl)=N1. The van der Waals surface area contributed by atoms with Gasteiger partial charge in [-0.05, 0) is 35.7 Å². The normalized spacial score (nSPS) is 18.6. The number of hydrogen-bond acceptors (Lipinski definition) is 2. The van der Waals surface area contributed by atoms with E-state index >= 15 is 0 Å². The van der Waals surface area contributed by atoms with Gasteiger partial charge in [0.05, 0.1) is 6.04 Å². The van der Waals surface area contributed by atoms with Gasteiger partial charge < -0.3 is 9.30 Å². The van der Waals surface area contributed by atoms with Crippen LogP contribution in [-0.2, 0) is 11.3 Å². The highest BCUT2D eigenvalue weighted by Gasteiger charge is 2.25. The van der Waals surface area contributed by atoms with E-state index in [1.807, 2.05) is 22.9 Å². The standard InChI is InChI=1S/C18H20ClFN2O/c1-3-12(2)16-11-23-18(21-16)17-5-4-8-22(17)10-13-6-7-14(20)9-15(13)19/h4-9,12,16H,3,10-11H2,1-2H3/t12-,16-/m1/s1. The first-order valence-electron chi connectivity index (χ1n) is 7.88. The molecule has 1 aromatic carbocycles. The summed E-state index contributed by atoms with van der Waals surface area (Å²) in [5.41, 5.74) is 1.79. The summed E-state index contributed by atoms with van der Waals surface area (Å²) in [5, 5.41) is 0.427. The Morgan fingerprint density at radius 2 is 2.26 bits per heavy atom. The Hall–Kier alpha value is -1.81. The number of halogens is 2. The number of aromatic nitrogens is 1. The average Bonchev–Trinajstić information content (AvgIpc) is 3.18. The van der Waals surface area contributed by atoms with E-state index in [0.29, 0.717) is 30.0 Å². The third kappa shape index (κ3) is 3.42. The molecule has 0 bridgehead atoms. The molecule has 0 aliphatic carbocycles. The molecule has 2 atom stereocenters. The van der Waals surface area contributed by atoms with E-state index in [2.05, 4.69) is 13.8 Å². The van der Waals surface area contributed by atoms with Crippen LogP contribution in [0.25, 0.3) is 0 Å². The second kappa shape index (κ2) is 6.75. The molecule has 2 heterocycles. The number of rotatable bonds is 5. The predicted molar refractivity (Wildman–Crippen MR) is 90.7 cm³/mol. The Morgan fingerprint density at radius 1 is 1.43 bits per heavy atom. The first-order valence-corrected chi connectivity index (χ1v) is 8.26. The van der Waals surface area contributed by atoms with E-state index in [0.717, 1.165) is 17.7 Å². The lowest BCUT2D eigenvalue weighted by atomic mass is 10.0.